The second-order valence-electron chi connectivity index (χ2n) is 7.51. The Morgan fingerprint density at radius 2 is 0.886 bits per heavy atom. The van der Waals surface area contributed by atoms with Crippen LogP contribution in [0.1, 0.15) is 25.7 Å². The number of hydrogen-bond donors (Lipinski definition) is 0. The quantitative estimate of drug-likeness (QED) is 0.236. The van der Waals surface area contributed by atoms with Crippen molar-refractivity contribution < 1.29 is 79.0 Å². The minimum atomic E-state index is -7.14. The van der Waals surface area contributed by atoms with Gasteiger partial charge in [0.1, 0.15) is 0 Å². The minimum absolute atomic E-state index is 0.545. The van der Waals surface area contributed by atoms with Crippen molar-refractivity contribution in [1.29, 1.82) is 0 Å². The molecular weight excluding hydrogens is 546 g/mol. The average molecular weight is 558 g/mol. The van der Waals surface area contributed by atoms with Gasteiger partial charge in [-0.2, -0.15) is 79.0 Å². The number of halogens is 18. The Balaban J connectivity index is 2.88. The SMILES string of the molecule is FC(F)(F)C(F)(F)C(F)(F)C(F)(F)CCC1=CC(CCC(F)(F)C(F)(F)C(F)(F)C(F)(F)F)C=C1. The summed E-state index contributed by atoms with van der Waals surface area (Å²) < 4.78 is 230. The summed E-state index contributed by atoms with van der Waals surface area (Å²) in [7, 11) is 0. The van der Waals surface area contributed by atoms with Crippen molar-refractivity contribution in [3.8, 4) is 0 Å². The molecule has 1 unspecified atom stereocenters. The van der Waals surface area contributed by atoms with Gasteiger partial charge in [0.05, 0.1) is 0 Å². The number of alkyl halides is 18. The lowest BCUT2D eigenvalue weighted by Crippen LogP contribution is -2.60. The van der Waals surface area contributed by atoms with Crippen molar-refractivity contribution in [3.05, 3.63) is 23.8 Å². The van der Waals surface area contributed by atoms with Gasteiger partial charge in [-0.05, 0) is 18.8 Å². The van der Waals surface area contributed by atoms with Crippen molar-refractivity contribution in [2.75, 3.05) is 0 Å². The lowest BCUT2D eigenvalue weighted by atomic mass is 9.94. The summed E-state index contributed by atoms with van der Waals surface area (Å²) in [5.74, 6) is -41.5. The summed E-state index contributed by atoms with van der Waals surface area (Å²) in [6.07, 6.45) is -19.3. The van der Waals surface area contributed by atoms with E-state index in [1.54, 1.807) is 0 Å². The van der Waals surface area contributed by atoms with Gasteiger partial charge in [-0.1, -0.05) is 23.8 Å². The van der Waals surface area contributed by atoms with E-state index < -0.39 is 85.1 Å². The lowest BCUT2D eigenvalue weighted by molar-refractivity contribution is -0.396. The fourth-order valence-corrected chi connectivity index (χ4v) is 2.76. The van der Waals surface area contributed by atoms with E-state index in [1.165, 1.54) is 0 Å². The first kappa shape index (κ1) is 31.3. The molecule has 0 radical (unpaired) electrons. The van der Waals surface area contributed by atoms with E-state index in [0.717, 1.165) is 6.08 Å². The molecular formula is C17H12F18. The van der Waals surface area contributed by atoms with E-state index in [2.05, 4.69) is 0 Å². The first-order chi connectivity index (χ1) is 15.2. The predicted octanol–water partition coefficient (Wildman–Crippen LogP) is 8.60. The molecule has 1 aliphatic rings. The Labute approximate surface area is 183 Å². The van der Waals surface area contributed by atoms with Crippen LogP contribution >= 0.6 is 0 Å². The smallest absolute Gasteiger partial charge is 0.200 e. The van der Waals surface area contributed by atoms with Gasteiger partial charge in [-0.3, -0.25) is 0 Å². The molecule has 0 aromatic carbocycles. The summed E-state index contributed by atoms with van der Waals surface area (Å²) in [5.41, 5.74) is -0.545. The molecule has 0 N–H and O–H groups in total. The summed E-state index contributed by atoms with van der Waals surface area (Å²) in [4.78, 5) is 0. The molecule has 206 valence electrons. The fraction of sp³-hybridized carbons (Fsp3) is 0.765. The van der Waals surface area contributed by atoms with Crippen molar-refractivity contribution in [2.24, 2.45) is 5.92 Å². The maximum Gasteiger partial charge on any atom is 0.460 e. The average Bonchev–Trinajstić information content (AvgIpc) is 3.10. The van der Waals surface area contributed by atoms with Gasteiger partial charge in [-0.15, -0.1) is 0 Å². The van der Waals surface area contributed by atoms with Gasteiger partial charge in [0, 0.05) is 12.8 Å². The Hall–Kier alpha value is -1.78. The molecule has 0 aromatic rings. The van der Waals surface area contributed by atoms with Gasteiger partial charge in [0.15, 0.2) is 0 Å². The zero-order chi connectivity index (χ0) is 28.1. The van der Waals surface area contributed by atoms with Crippen LogP contribution in [0.3, 0.4) is 0 Å². The summed E-state index contributed by atoms with van der Waals surface area (Å²) in [6, 6.07) is 0. The number of rotatable bonds is 10. The van der Waals surface area contributed by atoms with Crippen molar-refractivity contribution in [3.63, 3.8) is 0 Å². The Morgan fingerprint density at radius 3 is 1.26 bits per heavy atom. The predicted molar refractivity (Wildman–Crippen MR) is 81.0 cm³/mol. The minimum Gasteiger partial charge on any atom is -0.200 e. The zero-order valence-electron chi connectivity index (χ0n) is 16.4. The molecule has 0 fully saturated rings. The van der Waals surface area contributed by atoms with E-state index >= 15 is 0 Å². The monoisotopic (exact) mass is 558 g/mol. The van der Waals surface area contributed by atoms with Crippen LogP contribution < -0.4 is 0 Å². The van der Waals surface area contributed by atoms with Crippen LogP contribution in [0.2, 0.25) is 0 Å². The second kappa shape index (κ2) is 8.95. The maximum absolute atomic E-state index is 13.5. The second-order valence-corrected chi connectivity index (χ2v) is 7.51. The third-order valence-corrected chi connectivity index (χ3v) is 4.92. The van der Waals surface area contributed by atoms with E-state index in [9.17, 15) is 79.0 Å². The van der Waals surface area contributed by atoms with Crippen LogP contribution in [-0.2, 0) is 0 Å². The Bertz CT molecular complexity index is 810. The molecule has 1 rings (SSSR count). The highest BCUT2D eigenvalue weighted by molar-refractivity contribution is 5.29. The van der Waals surface area contributed by atoms with Gasteiger partial charge in [0.2, 0.25) is 0 Å². The van der Waals surface area contributed by atoms with Gasteiger partial charge >= 0.3 is 47.9 Å². The summed E-state index contributed by atoms with van der Waals surface area (Å²) in [5, 5.41) is 0. The third kappa shape index (κ3) is 5.49. The summed E-state index contributed by atoms with van der Waals surface area (Å²) in [6.45, 7) is 0. The zero-order valence-corrected chi connectivity index (χ0v) is 16.4. The standard InChI is InChI=1S/C17H12F18/c18-10(19,12(22,23)14(26,27)16(30,31)32)5-3-8-1-2-9(7-8)4-6-11(20,21)13(24,25)15(28,29)17(33,34)35/h1-2,7-8H,3-6H2. The molecule has 1 atom stereocenters. The van der Waals surface area contributed by atoms with Gasteiger partial charge in [0.25, 0.3) is 0 Å². The molecule has 0 saturated carbocycles. The van der Waals surface area contributed by atoms with Crippen LogP contribution in [0.25, 0.3) is 0 Å². The number of allylic oxidation sites excluding steroid dienone is 4. The van der Waals surface area contributed by atoms with Crippen LogP contribution in [0, 0.1) is 5.92 Å². The van der Waals surface area contributed by atoms with Crippen LogP contribution in [-0.4, -0.2) is 47.9 Å². The first-order valence-electron chi connectivity index (χ1n) is 8.95. The summed E-state index contributed by atoms with van der Waals surface area (Å²) >= 11 is 0. The van der Waals surface area contributed by atoms with E-state index in [1.807, 2.05) is 0 Å². The first-order valence-corrected chi connectivity index (χ1v) is 8.95. The molecule has 35 heavy (non-hydrogen) atoms. The molecule has 0 saturated heterocycles. The Morgan fingerprint density at radius 1 is 0.514 bits per heavy atom. The highest BCUT2D eigenvalue weighted by atomic mass is 19.4. The molecule has 0 nitrogen and oxygen atoms in total. The normalized spacial score (nSPS) is 19.4. The third-order valence-electron chi connectivity index (χ3n) is 4.92. The van der Waals surface area contributed by atoms with Crippen LogP contribution in [0.5, 0.6) is 0 Å². The van der Waals surface area contributed by atoms with Crippen molar-refractivity contribution in [1.82, 2.24) is 0 Å². The molecule has 0 heterocycles. The fourth-order valence-electron chi connectivity index (χ4n) is 2.76. The van der Waals surface area contributed by atoms with Crippen molar-refractivity contribution >= 4 is 0 Å². The molecule has 1 aliphatic carbocycles. The van der Waals surface area contributed by atoms with Crippen LogP contribution in [0.15, 0.2) is 23.8 Å². The van der Waals surface area contributed by atoms with Gasteiger partial charge in [-0.25, -0.2) is 0 Å². The Kier molecular flexibility index (Phi) is 8.00. The molecule has 0 aromatic heterocycles. The van der Waals surface area contributed by atoms with Gasteiger partial charge < -0.3 is 0 Å². The largest absolute Gasteiger partial charge is 0.460 e. The lowest BCUT2D eigenvalue weighted by Gasteiger charge is -2.34. The van der Waals surface area contributed by atoms with Crippen LogP contribution in [0.4, 0.5) is 79.0 Å². The number of hydrogen-bond acceptors (Lipinski definition) is 0. The molecule has 0 aliphatic heterocycles. The topological polar surface area (TPSA) is 0 Å². The maximum atomic E-state index is 13.5. The molecule has 0 spiro atoms. The highest BCUT2D eigenvalue weighted by Crippen LogP contribution is 2.56. The molecule has 18 heteroatoms. The molecule has 0 amide bonds. The molecule has 0 bridgehead atoms. The van der Waals surface area contributed by atoms with E-state index in [-0.39, 0.29) is 0 Å². The van der Waals surface area contributed by atoms with Crippen molar-refractivity contribution in [2.45, 2.75) is 73.6 Å². The van der Waals surface area contributed by atoms with E-state index in [4.69, 9.17) is 0 Å². The van der Waals surface area contributed by atoms with E-state index in [0.29, 0.717) is 12.2 Å². The highest BCUT2D eigenvalue weighted by Gasteiger charge is 2.82.